The van der Waals surface area contributed by atoms with Gasteiger partial charge in [-0.15, -0.1) is 0 Å². The van der Waals surface area contributed by atoms with Gasteiger partial charge in [0.05, 0.1) is 6.10 Å². The Hall–Kier alpha value is -1.47. The lowest BCUT2D eigenvalue weighted by molar-refractivity contribution is -0.288. The zero-order valence-electron chi connectivity index (χ0n) is 18.7. The number of aliphatic hydroxyl groups is 1. The van der Waals surface area contributed by atoms with Crippen LogP contribution in [0.25, 0.3) is 0 Å². The van der Waals surface area contributed by atoms with Gasteiger partial charge in [0.25, 0.3) is 0 Å². The number of carbonyl (C=O) groups excluding carboxylic acids is 3. The predicted octanol–water partition coefficient (Wildman–Crippen LogP) is 2.13. The Morgan fingerprint density at radius 2 is 1.80 bits per heavy atom. The summed E-state index contributed by atoms with van der Waals surface area (Å²) in [6, 6.07) is 0. The molecule has 4 rings (SSSR count). The van der Waals surface area contributed by atoms with Gasteiger partial charge in [-0.2, -0.15) is 0 Å². The Balaban J connectivity index is 1.95. The number of fused-ring (bicyclic) bond motifs is 2. The fourth-order valence-electron chi connectivity index (χ4n) is 8.04. The Labute approximate surface area is 177 Å². The van der Waals surface area contributed by atoms with Crippen LogP contribution in [-0.4, -0.2) is 54.4 Å². The number of hydrogen-bond acceptors (Lipinski definition) is 7. The molecule has 1 aliphatic heterocycles. The summed E-state index contributed by atoms with van der Waals surface area (Å²) in [5, 5.41) is 10.6. The van der Waals surface area contributed by atoms with Crippen molar-refractivity contribution in [1.82, 2.24) is 0 Å². The molecule has 1 heterocycles. The van der Waals surface area contributed by atoms with Crippen molar-refractivity contribution in [3.05, 3.63) is 0 Å². The minimum atomic E-state index is -1.04. The number of ketones is 1. The van der Waals surface area contributed by atoms with Crippen molar-refractivity contribution < 1.29 is 33.7 Å². The number of methoxy groups -OCH3 is 1. The van der Waals surface area contributed by atoms with Crippen LogP contribution in [0.4, 0.5) is 0 Å². The number of hydrogen-bond donors (Lipinski definition) is 1. The molecule has 7 nitrogen and oxygen atoms in total. The van der Waals surface area contributed by atoms with Crippen LogP contribution in [0.15, 0.2) is 0 Å². The Kier molecular flexibility index (Phi) is 5.09. The molecule has 168 valence electrons. The lowest BCUT2D eigenvalue weighted by Gasteiger charge is -2.69. The predicted molar refractivity (Wildman–Crippen MR) is 106 cm³/mol. The molecule has 11 unspecified atom stereocenters. The van der Waals surface area contributed by atoms with Gasteiger partial charge in [-0.3, -0.25) is 14.4 Å². The summed E-state index contributed by atoms with van der Waals surface area (Å²) in [4.78, 5) is 38.3. The lowest BCUT2D eigenvalue weighted by atomic mass is 9.37. The second-order valence-electron chi connectivity index (χ2n) is 10.5. The maximum atomic E-state index is 13.6. The zero-order valence-corrected chi connectivity index (χ0v) is 18.7. The molecule has 4 fully saturated rings. The summed E-state index contributed by atoms with van der Waals surface area (Å²) < 4.78 is 17.6. The fraction of sp³-hybridized carbons (Fsp3) is 0.870. The fourth-order valence-corrected chi connectivity index (χ4v) is 8.04. The van der Waals surface area contributed by atoms with E-state index in [1.54, 1.807) is 7.11 Å². The van der Waals surface area contributed by atoms with E-state index in [1.807, 2.05) is 20.8 Å². The van der Waals surface area contributed by atoms with Gasteiger partial charge in [-0.1, -0.05) is 27.7 Å². The first kappa shape index (κ1) is 21.8. The number of carbonyl (C=O) groups is 3. The molecule has 0 aromatic carbocycles. The Morgan fingerprint density at radius 1 is 1.13 bits per heavy atom. The number of rotatable bonds is 2. The van der Waals surface area contributed by atoms with Crippen molar-refractivity contribution in [2.45, 2.75) is 78.3 Å². The molecule has 3 aliphatic carbocycles. The third-order valence-corrected chi connectivity index (χ3v) is 9.20. The molecule has 0 aromatic heterocycles. The molecule has 7 heteroatoms. The Bertz CT molecular complexity index is 765. The Morgan fingerprint density at radius 3 is 2.40 bits per heavy atom. The highest BCUT2D eigenvalue weighted by Gasteiger charge is 2.74. The summed E-state index contributed by atoms with van der Waals surface area (Å²) in [5.41, 5.74) is -1.46. The van der Waals surface area contributed by atoms with Gasteiger partial charge in [-0.25, -0.2) is 0 Å². The average Bonchev–Trinajstić information content (AvgIpc) is 2.64. The van der Waals surface area contributed by atoms with Crippen molar-refractivity contribution in [1.29, 1.82) is 0 Å². The highest BCUT2D eigenvalue weighted by atomic mass is 16.6. The number of aliphatic hydroxyl groups excluding tert-OH is 1. The third kappa shape index (κ3) is 2.67. The zero-order chi connectivity index (χ0) is 22.2. The van der Waals surface area contributed by atoms with Crippen LogP contribution >= 0.6 is 0 Å². The van der Waals surface area contributed by atoms with Crippen LogP contribution in [0.5, 0.6) is 0 Å². The van der Waals surface area contributed by atoms with E-state index in [0.29, 0.717) is 12.8 Å². The summed E-state index contributed by atoms with van der Waals surface area (Å²) in [6.07, 6.45) is -1.25. The first-order valence-corrected chi connectivity index (χ1v) is 11.1. The highest BCUT2D eigenvalue weighted by molar-refractivity contribution is 5.90. The molecule has 11 atom stereocenters. The van der Waals surface area contributed by atoms with Crippen molar-refractivity contribution in [2.75, 3.05) is 7.11 Å². The molecule has 0 spiro atoms. The topological polar surface area (TPSA) is 99.1 Å². The van der Waals surface area contributed by atoms with Gasteiger partial charge in [0.1, 0.15) is 18.3 Å². The molecule has 0 amide bonds. The maximum Gasteiger partial charge on any atom is 0.306 e. The second kappa shape index (κ2) is 7.02. The lowest BCUT2D eigenvalue weighted by Crippen LogP contribution is -2.75. The minimum absolute atomic E-state index is 0.0582. The summed E-state index contributed by atoms with van der Waals surface area (Å²) in [7, 11) is 1.59. The van der Waals surface area contributed by atoms with Gasteiger partial charge in [0, 0.05) is 37.2 Å². The molecule has 30 heavy (non-hydrogen) atoms. The molecule has 0 bridgehead atoms. The molecule has 1 N–H and O–H groups in total. The molecule has 3 saturated carbocycles. The van der Waals surface area contributed by atoms with Crippen LogP contribution < -0.4 is 0 Å². The molecular weight excluding hydrogens is 388 g/mol. The van der Waals surface area contributed by atoms with Gasteiger partial charge in [0.15, 0.2) is 5.78 Å². The van der Waals surface area contributed by atoms with E-state index in [1.165, 1.54) is 6.92 Å². The monoisotopic (exact) mass is 422 g/mol. The van der Waals surface area contributed by atoms with Crippen LogP contribution in [0.3, 0.4) is 0 Å². The van der Waals surface area contributed by atoms with E-state index in [2.05, 4.69) is 6.92 Å². The van der Waals surface area contributed by atoms with Gasteiger partial charge in [0.2, 0.25) is 0 Å². The molecule has 0 aromatic rings. The number of ether oxygens (including phenoxy) is 3. The summed E-state index contributed by atoms with van der Waals surface area (Å²) in [6.45, 7) is 9.45. The maximum absolute atomic E-state index is 13.6. The standard InChI is InChI=1S/C23H34O7/c1-10-7-15(25)21(27)23(5)13(10)8-16-22(4)14(9-17(26)30-16)11(2)18(28-6)19(20(22)23)29-12(3)24/h10-11,13-16,18-20,25H,7-9H2,1-6H3. The summed E-state index contributed by atoms with van der Waals surface area (Å²) >= 11 is 0. The van der Waals surface area contributed by atoms with Gasteiger partial charge >= 0.3 is 11.9 Å². The van der Waals surface area contributed by atoms with Gasteiger partial charge < -0.3 is 19.3 Å². The van der Waals surface area contributed by atoms with E-state index in [-0.39, 0.29) is 47.9 Å². The SMILES string of the molecule is COC1C(C)C2CC(=O)OC3CC4C(C)CC(O)C(=O)C4(C)C(C1OC(C)=O)C32C. The minimum Gasteiger partial charge on any atom is -0.462 e. The van der Waals surface area contributed by atoms with Crippen molar-refractivity contribution in [3.63, 3.8) is 0 Å². The van der Waals surface area contributed by atoms with E-state index < -0.39 is 41.0 Å². The molecule has 4 aliphatic rings. The van der Waals surface area contributed by atoms with Gasteiger partial charge in [-0.05, 0) is 36.5 Å². The van der Waals surface area contributed by atoms with Crippen LogP contribution in [0.1, 0.15) is 53.9 Å². The van der Waals surface area contributed by atoms with E-state index in [4.69, 9.17) is 14.2 Å². The largest absolute Gasteiger partial charge is 0.462 e. The van der Waals surface area contributed by atoms with Crippen LogP contribution in [0.2, 0.25) is 0 Å². The molecular formula is C23H34O7. The second-order valence-corrected chi connectivity index (χ2v) is 10.5. The first-order valence-electron chi connectivity index (χ1n) is 11.1. The smallest absolute Gasteiger partial charge is 0.306 e. The van der Waals surface area contributed by atoms with E-state index in [9.17, 15) is 19.5 Å². The van der Waals surface area contributed by atoms with Crippen LogP contribution in [0, 0.1) is 40.4 Å². The van der Waals surface area contributed by atoms with Crippen molar-refractivity contribution >= 4 is 17.7 Å². The van der Waals surface area contributed by atoms with Crippen molar-refractivity contribution in [3.8, 4) is 0 Å². The molecule has 1 saturated heterocycles. The molecule has 0 radical (unpaired) electrons. The third-order valence-electron chi connectivity index (χ3n) is 9.20. The van der Waals surface area contributed by atoms with E-state index >= 15 is 0 Å². The number of esters is 2. The quantitative estimate of drug-likeness (QED) is 0.681. The summed E-state index contributed by atoms with van der Waals surface area (Å²) in [5.74, 6) is -1.37. The van der Waals surface area contributed by atoms with E-state index in [0.717, 1.165) is 0 Å². The average molecular weight is 423 g/mol. The first-order chi connectivity index (χ1) is 14.0. The van der Waals surface area contributed by atoms with Crippen LogP contribution in [-0.2, 0) is 28.6 Å². The van der Waals surface area contributed by atoms with Crippen molar-refractivity contribution in [2.24, 2.45) is 40.4 Å². The normalized spacial score (nSPS) is 52.7. The number of Topliss-reactive ketones (excluding diaryl/α,β-unsaturated/α-hetero) is 1. The highest BCUT2D eigenvalue weighted by Crippen LogP contribution is 2.68.